The van der Waals surface area contributed by atoms with Gasteiger partial charge < -0.3 is 4.74 Å². The Labute approximate surface area is 188 Å². The highest BCUT2D eigenvalue weighted by Crippen LogP contribution is 2.38. The standard InChI is InChI=1S/C29H48O/c1-23(2)13-9-14-24(3)15-10-16-25(4)17-11-18-26(5)19-12-20-27(6)21-22-28-29(7,8)30-28/h13,15,17-18,20,28H,9-12,14,16,19,21-22H2,1-8H3/b24-15+,25-17+,26-18+,27-20+. The predicted octanol–water partition coefficient (Wildman–Crippen LogP) is 9.43. The quantitative estimate of drug-likeness (QED) is 0.204. The Hall–Kier alpha value is -1.34. The smallest absolute Gasteiger partial charge is 0.0892 e. The maximum atomic E-state index is 5.67. The second-order valence-electron chi connectivity index (χ2n) is 10.1. The molecule has 1 nitrogen and oxygen atoms in total. The van der Waals surface area contributed by atoms with E-state index in [1.165, 1.54) is 72.8 Å². The molecular formula is C29H48O. The molecule has 0 aromatic carbocycles. The zero-order chi connectivity index (χ0) is 22.6. The molecule has 1 unspecified atom stereocenters. The molecule has 1 fully saturated rings. The molecular weight excluding hydrogens is 364 g/mol. The van der Waals surface area contributed by atoms with Crippen LogP contribution in [-0.2, 0) is 4.74 Å². The van der Waals surface area contributed by atoms with E-state index in [2.05, 4.69) is 85.8 Å². The Morgan fingerprint density at radius 2 is 1.03 bits per heavy atom. The molecule has 1 saturated heterocycles. The van der Waals surface area contributed by atoms with E-state index in [0.717, 1.165) is 12.8 Å². The fourth-order valence-corrected chi connectivity index (χ4v) is 3.65. The highest BCUT2D eigenvalue weighted by molar-refractivity contribution is 5.10. The van der Waals surface area contributed by atoms with Gasteiger partial charge in [0, 0.05) is 0 Å². The first-order valence-electron chi connectivity index (χ1n) is 12.0. The van der Waals surface area contributed by atoms with Gasteiger partial charge >= 0.3 is 0 Å². The van der Waals surface area contributed by atoms with E-state index in [4.69, 9.17) is 4.74 Å². The lowest BCUT2D eigenvalue weighted by molar-refractivity contribution is 0.320. The predicted molar refractivity (Wildman–Crippen MR) is 135 cm³/mol. The zero-order valence-electron chi connectivity index (χ0n) is 21.2. The van der Waals surface area contributed by atoms with Crippen LogP contribution in [0, 0.1) is 0 Å². The minimum Gasteiger partial charge on any atom is -0.367 e. The van der Waals surface area contributed by atoms with Crippen LogP contribution in [0.2, 0.25) is 0 Å². The summed E-state index contributed by atoms with van der Waals surface area (Å²) in [5.41, 5.74) is 7.59. The normalized spacial score (nSPS) is 19.8. The third kappa shape index (κ3) is 13.1. The van der Waals surface area contributed by atoms with Gasteiger partial charge in [0.05, 0.1) is 11.7 Å². The van der Waals surface area contributed by atoms with Crippen molar-refractivity contribution in [2.45, 2.75) is 125 Å². The van der Waals surface area contributed by atoms with E-state index >= 15 is 0 Å². The number of allylic oxidation sites excluding steroid dienone is 10. The second kappa shape index (κ2) is 13.9. The first kappa shape index (κ1) is 26.7. The van der Waals surface area contributed by atoms with Gasteiger partial charge in [-0.25, -0.2) is 0 Å². The van der Waals surface area contributed by atoms with Gasteiger partial charge in [0.1, 0.15) is 0 Å². The third-order valence-corrected chi connectivity index (χ3v) is 6.05. The first-order chi connectivity index (χ1) is 14.1. The lowest BCUT2D eigenvalue weighted by Gasteiger charge is -2.03. The lowest BCUT2D eigenvalue weighted by Crippen LogP contribution is -2.02. The summed E-state index contributed by atoms with van der Waals surface area (Å²) in [5, 5.41) is 0. The van der Waals surface area contributed by atoms with Crippen LogP contribution in [0.25, 0.3) is 0 Å². The highest BCUT2D eigenvalue weighted by Gasteiger charge is 2.46. The Balaban J connectivity index is 2.20. The summed E-state index contributed by atoms with van der Waals surface area (Å²) in [6, 6.07) is 0. The van der Waals surface area contributed by atoms with Gasteiger partial charge in [0.15, 0.2) is 0 Å². The largest absolute Gasteiger partial charge is 0.367 e. The Morgan fingerprint density at radius 1 is 0.633 bits per heavy atom. The van der Waals surface area contributed by atoms with E-state index in [0.29, 0.717) is 6.10 Å². The maximum absolute atomic E-state index is 5.67. The molecule has 0 amide bonds. The monoisotopic (exact) mass is 412 g/mol. The van der Waals surface area contributed by atoms with Crippen molar-refractivity contribution in [2.75, 3.05) is 0 Å². The summed E-state index contributed by atoms with van der Waals surface area (Å²) in [6.45, 7) is 17.8. The van der Waals surface area contributed by atoms with Crippen LogP contribution >= 0.6 is 0 Å². The van der Waals surface area contributed by atoms with Gasteiger partial charge in [-0.2, -0.15) is 0 Å². The molecule has 0 radical (unpaired) electrons. The van der Waals surface area contributed by atoms with E-state index < -0.39 is 0 Å². The summed E-state index contributed by atoms with van der Waals surface area (Å²) >= 11 is 0. The molecule has 0 spiro atoms. The summed E-state index contributed by atoms with van der Waals surface area (Å²) in [7, 11) is 0. The Bertz CT molecular complexity index is 662. The fourth-order valence-electron chi connectivity index (χ4n) is 3.65. The van der Waals surface area contributed by atoms with E-state index in [1.54, 1.807) is 0 Å². The zero-order valence-corrected chi connectivity index (χ0v) is 21.2. The Kier molecular flexibility index (Phi) is 12.3. The molecule has 0 bridgehead atoms. The third-order valence-electron chi connectivity index (χ3n) is 6.05. The molecule has 1 atom stereocenters. The van der Waals surface area contributed by atoms with E-state index in [1.807, 2.05) is 0 Å². The summed E-state index contributed by atoms with van der Waals surface area (Å²) in [5.74, 6) is 0. The minimum atomic E-state index is 0.131. The van der Waals surface area contributed by atoms with Crippen molar-refractivity contribution in [1.29, 1.82) is 0 Å². The van der Waals surface area contributed by atoms with Crippen LogP contribution < -0.4 is 0 Å². The second-order valence-corrected chi connectivity index (χ2v) is 10.1. The number of rotatable bonds is 14. The van der Waals surface area contributed by atoms with Crippen LogP contribution in [0.3, 0.4) is 0 Å². The molecule has 1 aliphatic heterocycles. The summed E-state index contributed by atoms with van der Waals surface area (Å²) < 4.78 is 5.67. The molecule has 1 heterocycles. The average Bonchev–Trinajstić information content (AvgIpc) is 3.26. The summed E-state index contributed by atoms with van der Waals surface area (Å²) in [6.07, 6.45) is 22.9. The number of hydrogen-bond donors (Lipinski definition) is 0. The first-order valence-corrected chi connectivity index (χ1v) is 12.0. The molecule has 1 rings (SSSR count). The van der Waals surface area contributed by atoms with Crippen LogP contribution in [-0.4, -0.2) is 11.7 Å². The number of ether oxygens (including phenoxy) is 1. The van der Waals surface area contributed by atoms with Crippen molar-refractivity contribution in [3.8, 4) is 0 Å². The number of hydrogen-bond acceptors (Lipinski definition) is 1. The maximum Gasteiger partial charge on any atom is 0.0892 e. The topological polar surface area (TPSA) is 12.5 Å². The molecule has 170 valence electrons. The highest BCUT2D eigenvalue weighted by atomic mass is 16.6. The molecule has 0 aliphatic carbocycles. The molecule has 1 heteroatoms. The van der Waals surface area contributed by atoms with Crippen LogP contribution in [0.15, 0.2) is 58.2 Å². The number of epoxide rings is 1. The van der Waals surface area contributed by atoms with E-state index in [9.17, 15) is 0 Å². The molecule has 0 aromatic rings. The lowest BCUT2D eigenvalue weighted by atomic mass is 10.0. The van der Waals surface area contributed by atoms with Gasteiger partial charge in [0.25, 0.3) is 0 Å². The summed E-state index contributed by atoms with van der Waals surface area (Å²) in [4.78, 5) is 0. The molecule has 0 aromatic heterocycles. The van der Waals surface area contributed by atoms with Crippen LogP contribution in [0.5, 0.6) is 0 Å². The van der Waals surface area contributed by atoms with Gasteiger partial charge in [0.2, 0.25) is 0 Å². The van der Waals surface area contributed by atoms with Crippen molar-refractivity contribution in [3.63, 3.8) is 0 Å². The molecule has 1 aliphatic rings. The van der Waals surface area contributed by atoms with E-state index in [-0.39, 0.29) is 5.60 Å². The Morgan fingerprint density at radius 3 is 1.47 bits per heavy atom. The van der Waals surface area contributed by atoms with Crippen molar-refractivity contribution in [3.05, 3.63) is 58.2 Å². The fraction of sp³-hybridized carbons (Fsp3) is 0.655. The van der Waals surface area contributed by atoms with Crippen molar-refractivity contribution < 1.29 is 4.74 Å². The van der Waals surface area contributed by atoms with Gasteiger partial charge in [-0.1, -0.05) is 58.2 Å². The molecule has 30 heavy (non-hydrogen) atoms. The van der Waals surface area contributed by atoms with Crippen molar-refractivity contribution >= 4 is 0 Å². The van der Waals surface area contributed by atoms with Gasteiger partial charge in [-0.15, -0.1) is 0 Å². The SMILES string of the molecule is CC(C)=CCC/C(C)=C/CC/C(C)=C/C/C=C(\C)CC/C=C(\C)CCC1OC1(C)C. The minimum absolute atomic E-state index is 0.131. The molecule has 0 saturated carbocycles. The van der Waals surface area contributed by atoms with Crippen molar-refractivity contribution in [1.82, 2.24) is 0 Å². The van der Waals surface area contributed by atoms with Crippen molar-refractivity contribution in [2.24, 2.45) is 0 Å². The van der Waals surface area contributed by atoms with Crippen LogP contribution in [0.1, 0.15) is 113 Å². The molecule has 0 N–H and O–H groups in total. The van der Waals surface area contributed by atoms with Crippen LogP contribution in [0.4, 0.5) is 0 Å². The van der Waals surface area contributed by atoms with Gasteiger partial charge in [-0.3, -0.25) is 0 Å². The van der Waals surface area contributed by atoms with Gasteiger partial charge in [-0.05, 0) is 113 Å². The average molecular weight is 413 g/mol.